The smallest absolute Gasteiger partial charge is 0.229 e. The van der Waals surface area contributed by atoms with E-state index < -0.39 is 10.0 Å². The van der Waals surface area contributed by atoms with Crippen LogP contribution in [0.25, 0.3) is 0 Å². The van der Waals surface area contributed by atoms with E-state index >= 15 is 0 Å². The van der Waals surface area contributed by atoms with E-state index in [9.17, 15) is 13.2 Å². The van der Waals surface area contributed by atoms with Crippen molar-refractivity contribution in [2.75, 3.05) is 29.4 Å². The number of benzene rings is 1. The Hall–Kier alpha value is -1.60. The predicted octanol–water partition coefficient (Wildman–Crippen LogP) is 0.852. The third-order valence-electron chi connectivity index (χ3n) is 3.33. The summed E-state index contributed by atoms with van der Waals surface area (Å²) in [5, 5.41) is 5.97. The van der Waals surface area contributed by atoms with Crippen LogP contribution in [0.4, 0.5) is 11.4 Å². The lowest BCUT2D eigenvalue weighted by molar-refractivity contribution is -0.120. The van der Waals surface area contributed by atoms with Gasteiger partial charge in [-0.1, -0.05) is 19.1 Å². The molecule has 2 rings (SSSR count). The largest absolute Gasteiger partial charge is 0.324 e. The summed E-state index contributed by atoms with van der Waals surface area (Å²) in [7, 11) is -3.38. The quantitative estimate of drug-likeness (QED) is 0.769. The first kappa shape index (κ1) is 14.8. The monoisotopic (exact) mass is 297 g/mol. The summed E-state index contributed by atoms with van der Waals surface area (Å²) in [6.07, 6.45) is 1.08. The Kier molecular flexibility index (Phi) is 4.29. The molecular formula is C13H19N3O3S. The first-order chi connectivity index (χ1) is 9.37. The molecule has 1 fully saturated rings. The molecule has 1 heterocycles. The van der Waals surface area contributed by atoms with Gasteiger partial charge in [-0.25, -0.2) is 8.42 Å². The zero-order chi connectivity index (χ0) is 14.8. The minimum atomic E-state index is -3.38. The lowest BCUT2D eigenvalue weighted by atomic mass is 9.97. The van der Waals surface area contributed by atoms with Gasteiger partial charge in [0.1, 0.15) is 0 Å². The third-order valence-corrected chi connectivity index (χ3v) is 3.93. The van der Waals surface area contributed by atoms with Crippen molar-refractivity contribution in [3.05, 3.63) is 24.3 Å². The van der Waals surface area contributed by atoms with Crippen LogP contribution in [-0.4, -0.2) is 33.7 Å². The molecule has 1 saturated heterocycles. The molecule has 1 aromatic rings. The summed E-state index contributed by atoms with van der Waals surface area (Å²) in [5.74, 6) is 0.0802. The highest BCUT2D eigenvalue weighted by atomic mass is 32.2. The molecule has 0 aromatic heterocycles. The van der Waals surface area contributed by atoms with Gasteiger partial charge in [0.25, 0.3) is 0 Å². The van der Waals surface area contributed by atoms with E-state index in [4.69, 9.17) is 0 Å². The third kappa shape index (κ3) is 3.71. The molecule has 0 saturated carbocycles. The molecule has 1 amide bonds. The van der Waals surface area contributed by atoms with Crippen LogP contribution in [0.15, 0.2) is 24.3 Å². The van der Waals surface area contributed by atoms with Crippen molar-refractivity contribution in [1.29, 1.82) is 0 Å². The van der Waals surface area contributed by atoms with Crippen molar-refractivity contribution >= 4 is 27.3 Å². The molecule has 0 unspecified atom stereocenters. The number of rotatable bonds is 4. The molecule has 7 heteroatoms. The second-order valence-electron chi connectivity index (χ2n) is 5.15. The fourth-order valence-corrected chi connectivity index (χ4v) is 2.84. The maximum atomic E-state index is 12.2. The summed E-state index contributed by atoms with van der Waals surface area (Å²) in [6, 6.07) is 6.76. The minimum Gasteiger partial charge on any atom is -0.324 e. The maximum Gasteiger partial charge on any atom is 0.229 e. The second kappa shape index (κ2) is 5.80. The maximum absolute atomic E-state index is 12.2. The van der Waals surface area contributed by atoms with Gasteiger partial charge in [0, 0.05) is 6.54 Å². The molecule has 1 aliphatic rings. The topological polar surface area (TPSA) is 87.3 Å². The number of carbonyl (C=O) groups is 1. The van der Waals surface area contributed by atoms with Gasteiger partial charge in [-0.3, -0.25) is 9.52 Å². The summed E-state index contributed by atoms with van der Waals surface area (Å²) >= 11 is 0. The Balaban J connectivity index is 2.15. The summed E-state index contributed by atoms with van der Waals surface area (Å²) in [5.41, 5.74) is 0.851. The van der Waals surface area contributed by atoms with Crippen LogP contribution in [0.2, 0.25) is 0 Å². The number of sulfonamides is 1. The molecule has 0 radical (unpaired) electrons. The van der Waals surface area contributed by atoms with Crippen LogP contribution in [-0.2, 0) is 14.8 Å². The molecule has 0 bridgehead atoms. The van der Waals surface area contributed by atoms with E-state index in [-0.39, 0.29) is 17.7 Å². The molecule has 0 spiro atoms. The number of hydrogen-bond acceptors (Lipinski definition) is 4. The Bertz CT molecular complexity index is 601. The van der Waals surface area contributed by atoms with Crippen LogP contribution >= 0.6 is 0 Å². The van der Waals surface area contributed by atoms with Crippen molar-refractivity contribution in [3.63, 3.8) is 0 Å². The number of anilines is 2. The van der Waals surface area contributed by atoms with Crippen molar-refractivity contribution in [1.82, 2.24) is 5.32 Å². The van der Waals surface area contributed by atoms with E-state index in [1.807, 2.05) is 6.92 Å². The Labute approximate surface area is 119 Å². The van der Waals surface area contributed by atoms with Gasteiger partial charge < -0.3 is 10.6 Å². The Morgan fingerprint density at radius 2 is 1.90 bits per heavy atom. The lowest BCUT2D eigenvalue weighted by Crippen LogP contribution is -2.28. The van der Waals surface area contributed by atoms with Gasteiger partial charge in [0.05, 0.1) is 23.5 Å². The van der Waals surface area contributed by atoms with Crippen LogP contribution in [0.3, 0.4) is 0 Å². The normalized spacial score (nSPS) is 22.5. The molecule has 2 atom stereocenters. The van der Waals surface area contributed by atoms with Crippen LogP contribution in [0, 0.1) is 11.8 Å². The van der Waals surface area contributed by atoms with Crippen molar-refractivity contribution in [2.24, 2.45) is 11.8 Å². The van der Waals surface area contributed by atoms with Gasteiger partial charge in [-0.05, 0) is 24.6 Å². The summed E-state index contributed by atoms with van der Waals surface area (Å²) in [6.45, 7) is 3.49. The fraction of sp³-hybridized carbons (Fsp3) is 0.462. The number of amides is 1. The Morgan fingerprint density at radius 3 is 2.45 bits per heavy atom. The molecular weight excluding hydrogens is 278 g/mol. The number of hydrogen-bond donors (Lipinski definition) is 3. The van der Waals surface area contributed by atoms with Crippen molar-refractivity contribution in [3.8, 4) is 0 Å². The average Bonchev–Trinajstić information content (AvgIpc) is 2.76. The lowest BCUT2D eigenvalue weighted by Gasteiger charge is -2.16. The molecule has 3 N–H and O–H groups in total. The van der Waals surface area contributed by atoms with E-state index in [2.05, 4.69) is 15.4 Å². The minimum absolute atomic E-state index is 0.0924. The predicted molar refractivity (Wildman–Crippen MR) is 79.1 cm³/mol. The summed E-state index contributed by atoms with van der Waals surface area (Å²) in [4.78, 5) is 12.2. The van der Waals surface area contributed by atoms with Crippen molar-refractivity contribution in [2.45, 2.75) is 6.92 Å². The zero-order valence-corrected chi connectivity index (χ0v) is 12.3. The van der Waals surface area contributed by atoms with Crippen molar-refractivity contribution < 1.29 is 13.2 Å². The van der Waals surface area contributed by atoms with Gasteiger partial charge in [0.2, 0.25) is 15.9 Å². The second-order valence-corrected chi connectivity index (χ2v) is 6.90. The highest BCUT2D eigenvalue weighted by molar-refractivity contribution is 7.92. The van der Waals surface area contributed by atoms with Gasteiger partial charge in [0.15, 0.2) is 0 Å². The summed E-state index contributed by atoms with van der Waals surface area (Å²) < 4.78 is 25.0. The van der Waals surface area contributed by atoms with Crippen LogP contribution in [0.5, 0.6) is 0 Å². The first-order valence-corrected chi connectivity index (χ1v) is 8.34. The highest BCUT2D eigenvalue weighted by Crippen LogP contribution is 2.24. The molecule has 1 aliphatic heterocycles. The Morgan fingerprint density at radius 1 is 1.25 bits per heavy atom. The standard InChI is InChI=1S/C13H19N3O3S/c1-9-7-14-8-10(9)13(17)15-11-5-3-4-6-12(11)16-20(2,18)19/h3-6,9-10,14,16H,7-8H2,1-2H3,(H,15,17)/t9-,10-/m1/s1. The zero-order valence-electron chi connectivity index (χ0n) is 11.5. The van der Waals surface area contributed by atoms with Gasteiger partial charge in [-0.2, -0.15) is 0 Å². The van der Waals surface area contributed by atoms with Crippen LogP contribution in [0.1, 0.15) is 6.92 Å². The SMILES string of the molecule is C[C@@H]1CNC[C@H]1C(=O)Nc1ccccc1NS(C)(=O)=O. The molecule has 20 heavy (non-hydrogen) atoms. The number of nitrogens with one attached hydrogen (secondary N) is 3. The number of para-hydroxylation sites is 2. The number of carbonyl (C=O) groups excluding carboxylic acids is 1. The molecule has 6 nitrogen and oxygen atoms in total. The molecule has 0 aliphatic carbocycles. The molecule has 1 aromatic carbocycles. The average molecular weight is 297 g/mol. The van der Waals surface area contributed by atoms with E-state index in [0.29, 0.717) is 17.9 Å². The highest BCUT2D eigenvalue weighted by Gasteiger charge is 2.29. The van der Waals surface area contributed by atoms with Gasteiger partial charge in [-0.15, -0.1) is 0 Å². The molecule has 110 valence electrons. The van der Waals surface area contributed by atoms with E-state index in [1.165, 1.54) is 0 Å². The fourth-order valence-electron chi connectivity index (χ4n) is 2.27. The first-order valence-electron chi connectivity index (χ1n) is 6.45. The van der Waals surface area contributed by atoms with Crippen LogP contribution < -0.4 is 15.4 Å². The van der Waals surface area contributed by atoms with Gasteiger partial charge >= 0.3 is 0 Å². The van der Waals surface area contributed by atoms with E-state index in [0.717, 1.165) is 12.8 Å². The van der Waals surface area contributed by atoms with E-state index in [1.54, 1.807) is 24.3 Å².